The molecule has 0 aliphatic heterocycles. The molecule has 1 atom stereocenters. The first-order chi connectivity index (χ1) is 11.5. The molecule has 2 heterocycles. The Morgan fingerprint density at radius 1 is 1.21 bits per heavy atom. The lowest BCUT2D eigenvalue weighted by Crippen LogP contribution is -2.28. The van der Waals surface area contributed by atoms with Crippen LogP contribution in [0.2, 0.25) is 5.02 Å². The number of halogens is 1. The van der Waals surface area contributed by atoms with Gasteiger partial charge in [0.15, 0.2) is 5.82 Å². The van der Waals surface area contributed by atoms with Crippen molar-refractivity contribution in [3.63, 3.8) is 0 Å². The number of rotatable bonds is 4. The van der Waals surface area contributed by atoms with Crippen LogP contribution >= 0.6 is 11.6 Å². The SMILES string of the molecule is Cc1cnc(C(=O)N[C@@H](C)c2nc(-c3ccc(Cl)cc3)n[nH]2)cn1. The molecule has 0 fully saturated rings. The molecule has 0 aliphatic rings. The Bertz CT molecular complexity index is 844. The molecule has 3 rings (SSSR count). The molecule has 122 valence electrons. The van der Waals surface area contributed by atoms with Gasteiger partial charge in [0.25, 0.3) is 5.91 Å². The van der Waals surface area contributed by atoms with Gasteiger partial charge in [0.1, 0.15) is 11.5 Å². The average molecular weight is 343 g/mol. The number of benzene rings is 1. The highest BCUT2D eigenvalue weighted by Crippen LogP contribution is 2.19. The minimum Gasteiger partial charge on any atom is -0.341 e. The molecular weight excluding hydrogens is 328 g/mol. The van der Waals surface area contributed by atoms with Gasteiger partial charge in [0.05, 0.1) is 17.9 Å². The van der Waals surface area contributed by atoms with Crippen LogP contribution in [0.25, 0.3) is 11.4 Å². The molecule has 2 N–H and O–H groups in total. The summed E-state index contributed by atoms with van der Waals surface area (Å²) in [5, 5.41) is 10.5. The summed E-state index contributed by atoms with van der Waals surface area (Å²) in [5.41, 5.74) is 1.84. The number of hydrogen-bond donors (Lipinski definition) is 2. The van der Waals surface area contributed by atoms with Crippen molar-refractivity contribution in [1.82, 2.24) is 30.5 Å². The van der Waals surface area contributed by atoms with Crippen molar-refractivity contribution < 1.29 is 4.79 Å². The standard InChI is InChI=1S/C16H15ClN6O/c1-9-7-19-13(8-18-9)16(24)20-10(2)14-21-15(23-22-14)11-3-5-12(17)6-4-11/h3-8,10H,1-2H3,(H,20,24)(H,21,22,23)/t10-/m0/s1. The predicted octanol–water partition coefficient (Wildman–Crippen LogP) is 2.71. The first-order valence-corrected chi connectivity index (χ1v) is 7.68. The van der Waals surface area contributed by atoms with Gasteiger partial charge in [-0.25, -0.2) is 9.97 Å². The number of nitrogens with one attached hydrogen (secondary N) is 2. The highest BCUT2D eigenvalue weighted by Gasteiger charge is 2.16. The van der Waals surface area contributed by atoms with E-state index in [2.05, 4.69) is 30.5 Å². The van der Waals surface area contributed by atoms with Crippen molar-refractivity contribution in [3.05, 3.63) is 58.9 Å². The number of aryl methyl sites for hydroxylation is 1. The summed E-state index contributed by atoms with van der Waals surface area (Å²) < 4.78 is 0. The first-order valence-electron chi connectivity index (χ1n) is 7.30. The van der Waals surface area contributed by atoms with E-state index in [1.54, 1.807) is 18.3 Å². The van der Waals surface area contributed by atoms with E-state index in [-0.39, 0.29) is 17.6 Å². The summed E-state index contributed by atoms with van der Waals surface area (Å²) in [6.07, 6.45) is 2.99. The van der Waals surface area contributed by atoms with Crippen LogP contribution in [-0.4, -0.2) is 31.1 Å². The Morgan fingerprint density at radius 2 is 1.96 bits per heavy atom. The Kier molecular flexibility index (Phi) is 4.52. The summed E-state index contributed by atoms with van der Waals surface area (Å²) >= 11 is 5.87. The third kappa shape index (κ3) is 3.57. The summed E-state index contributed by atoms with van der Waals surface area (Å²) in [6.45, 7) is 3.62. The molecule has 0 bridgehead atoms. The third-order valence-corrected chi connectivity index (χ3v) is 3.63. The van der Waals surface area contributed by atoms with Crippen molar-refractivity contribution in [3.8, 4) is 11.4 Å². The Morgan fingerprint density at radius 3 is 2.62 bits per heavy atom. The zero-order valence-corrected chi connectivity index (χ0v) is 13.9. The molecule has 1 aromatic carbocycles. The highest BCUT2D eigenvalue weighted by atomic mass is 35.5. The molecule has 0 unspecified atom stereocenters. The van der Waals surface area contributed by atoms with E-state index in [4.69, 9.17) is 11.6 Å². The van der Waals surface area contributed by atoms with Crippen molar-refractivity contribution in [2.75, 3.05) is 0 Å². The van der Waals surface area contributed by atoms with Gasteiger partial charge in [0, 0.05) is 16.8 Å². The monoisotopic (exact) mass is 342 g/mol. The van der Waals surface area contributed by atoms with Crippen molar-refractivity contribution >= 4 is 17.5 Å². The number of amides is 1. The van der Waals surface area contributed by atoms with E-state index in [1.165, 1.54) is 6.20 Å². The second-order valence-corrected chi connectivity index (χ2v) is 5.73. The molecule has 24 heavy (non-hydrogen) atoms. The number of H-pyrrole nitrogens is 1. The molecule has 2 aromatic heterocycles. The van der Waals surface area contributed by atoms with E-state index >= 15 is 0 Å². The second kappa shape index (κ2) is 6.76. The number of nitrogens with zero attached hydrogens (tertiary/aromatic N) is 4. The minimum absolute atomic E-state index is 0.255. The first kappa shape index (κ1) is 16.1. The summed E-state index contributed by atoms with van der Waals surface area (Å²) in [6, 6.07) is 6.86. The number of carbonyl (C=O) groups is 1. The number of hydrogen-bond acceptors (Lipinski definition) is 5. The fourth-order valence-corrected chi connectivity index (χ4v) is 2.17. The van der Waals surface area contributed by atoms with E-state index in [0.717, 1.165) is 11.3 Å². The average Bonchev–Trinajstić information content (AvgIpc) is 3.06. The van der Waals surface area contributed by atoms with Crippen LogP contribution in [0.5, 0.6) is 0 Å². The molecule has 0 spiro atoms. The van der Waals surface area contributed by atoms with Gasteiger partial charge >= 0.3 is 0 Å². The van der Waals surface area contributed by atoms with E-state index in [9.17, 15) is 4.79 Å². The van der Waals surface area contributed by atoms with Crippen LogP contribution in [0.3, 0.4) is 0 Å². The number of carbonyl (C=O) groups excluding carboxylic acids is 1. The summed E-state index contributed by atoms with van der Waals surface area (Å²) in [4.78, 5) is 24.7. The fourth-order valence-electron chi connectivity index (χ4n) is 2.04. The van der Waals surface area contributed by atoms with E-state index in [0.29, 0.717) is 16.7 Å². The van der Waals surface area contributed by atoms with Crippen LogP contribution in [0.1, 0.15) is 35.0 Å². The predicted molar refractivity (Wildman–Crippen MR) is 89.5 cm³/mol. The molecular formula is C16H15ClN6O. The number of aromatic amines is 1. The lowest BCUT2D eigenvalue weighted by atomic mass is 10.2. The maximum Gasteiger partial charge on any atom is 0.272 e. The van der Waals surface area contributed by atoms with Gasteiger partial charge in [-0.3, -0.25) is 14.9 Å². The molecule has 1 amide bonds. The van der Waals surface area contributed by atoms with Gasteiger partial charge in [-0.05, 0) is 38.1 Å². The fraction of sp³-hybridized carbons (Fsp3) is 0.188. The Hall–Kier alpha value is -2.80. The van der Waals surface area contributed by atoms with Gasteiger partial charge in [-0.2, -0.15) is 5.10 Å². The highest BCUT2D eigenvalue weighted by molar-refractivity contribution is 6.30. The normalized spacial score (nSPS) is 12.0. The quantitative estimate of drug-likeness (QED) is 0.759. The maximum atomic E-state index is 12.2. The third-order valence-electron chi connectivity index (χ3n) is 3.38. The van der Waals surface area contributed by atoms with E-state index < -0.39 is 0 Å². The zero-order chi connectivity index (χ0) is 17.1. The molecule has 0 aliphatic carbocycles. The van der Waals surface area contributed by atoms with Crippen LogP contribution < -0.4 is 5.32 Å². The van der Waals surface area contributed by atoms with Crippen LogP contribution in [0.4, 0.5) is 0 Å². The van der Waals surface area contributed by atoms with Crippen molar-refractivity contribution in [1.29, 1.82) is 0 Å². The number of aromatic nitrogens is 5. The largest absolute Gasteiger partial charge is 0.341 e. The van der Waals surface area contributed by atoms with Gasteiger partial charge in [-0.15, -0.1) is 0 Å². The van der Waals surface area contributed by atoms with Crippen molar-refractivity contribution in [2.45, 2.75) is 19.9 Å². The second-order valence-electron chi connectivity index (χ2n) is 5.29. The van der Waals surface area contributed by atoms with Gasteiger partial charge in [0.2, 0.25) is 0 Å². The van der Waals surface area contributed by atoms with E-state index in [1.807, 2.05) is 26.0 Å². The van der Waals surface area contributed by atoms with Crippen LogP contribution in [0, 0.1) is 6.92 Å². The summed E-state index contributed by atoms with van der Waals surface area (Å²) in [7, 11) is 0. The maximum absolute atomic E-state index is 12.2. The molecule has 0 radical (unpaired) electrons. The lowest BCUT2D eigenvalue weighted by molar-refractivity contribution is 0.0933. The summed E-state index contributed by atoms with van der Waals surface area (Å²) in [5.74, 6) is 0.769. The molecule has 0 saturated carbocycles. The Balaban J connectivity index is 1.71. The van der Waals surface area contributed by atoms with Crippen molar-refractivity contribution in [2.24, 2.45) is 0 Å². The zero-order valence-electron chi connectivity index (χ0n) is 13.1. The smallest absolute Gasteiger partial charge is 0.272 e. The molecule has 8 heteroatoms. The van der Waals surface area contributed by atoms with Crippen LogP contribution in [0.15, 0.2) is 36.7 Å². The Labute approximate surface area is 143 Å². The molecule has 3 aromatic rings. The topological polar surface area (TPSA) is 96.5 Å². The van der Waals surface area contributed by atoms with Crippen LogP contribution in [-0.2, 0) is 0 Å². The molecule has 7 nitrogen and oxygen atoms in total. The van der Waals surface area contributed by atoms with Gasteiger partial charge in [-0.1, -0.05) is 11.6 Å². The molecule has 0 saturated heterocycles. The minimum atomic E-state index is -0.353. The lowest BCUT2D eigenvalue weighted by Gasteiger charge is -2.10. The van der Waals surface area contributed by atoms with Gasteiger partial charge < -0.3 is 5.32 Å².